The van der Waals surface area contributed by atoms with E-state index in [0.29, 0.717) is 12.7 Å². The molecule has 0 N–H and O–H groups in total. The van der Waals surface area contributed by atoms with Crippen LogP contribution in [0.5, 0.6) is 0 Å². The maximum absolute atomic E-state index is 11.3. The fourth-order valence-corrected chi connectivity index (χ4v) is 2.65. The molecule has 0 atom stereocenters. The molecule has 6 heteroatoms. The van der Waals surface area contributed by atoms with Crippen LogP contribution in [0.1, 0.15) is 49.6 Å². The summed E-state index contributed by atoms with van der Waals surface area (Å²) >= 11 is 0. The predicted molar refractivity (Wildman–Crippen MR) is 70.6 cm³/mol. The standard InChI is InChI=1S/C13H22N4O2/c1-3-16(11-7-5-4-6-8-11)10-17-9-14-12(15-17)13(18)19-2/h9,11H,3-8,10H2,1-2H3. The van der Waals surface area contributed by atoms with Crippen LogP contribution in [-0.2, 0) is 11.4 Å². The van der Waals surface area contributed by atoms with E-state index in [4.69, 9.17) is 0 Å². The lowest BCUT2D eigenvalue weighted by Gasteiger charge is -2.33. The van der Waals surface area contributed by atoms with E-state index >= 15 is 0 Å². The molecule has 1 aliphatic carbocycles. The van der Waals surface area contributed by atoms with Gasteiger partial charge in [0, 0.05) is 6.04 Å². The van der Waals surface area contributed by atoms with E-state index in [1.807, 2.05) is 0 Å². The predicted octanol–water partition coefficient (Wildman–Crippen LogP) is 1.68. The molecular weight excluding hydrogens is 244 g/mol. The maximum atomic E-state index is 11.3. The SMILES string of the molecule is CCN(Cn1cnc(C(=O)OC)n1)C1CCCCC1. The van der Waals surface area contributed by atoms with Gasteiger partial charge >= 0.3 is 5.97 Å². The molecular formula is C13H22N4O2. The second-order valence-corrected chi connectivity index (χ2v) is 4.94. The number of carbonyl (C=O) groups is 1. The number of esters is 1. The number of rotatable bonds is 5. The minimum absolute atomic E-state index is 0.127. The first-order valence-electron chi connectivity index (χ1n) is 6.96. The third-order valence-corrected chi connectivity index (χ3v) is 3.73. The molecule has 1 aromatic heterocycles. The molecule has 0 unspecified atom stereocenters. The van der Waals surface area contributed by atoms with Crippen LogP contribution in [0.15, 0.2) is 6.33 Å². The molecule has 0 radical (unpaired) electrons. The van der Waals surface area contributed by atoms with Gasteiger partial charge < -0.3 is 4.74 Å². The second-order valence-electron chi connectivity index (χ2n) is 4.94. The first kappa shape index (κ1) is 14.0. The van der Waals surface area contributed by atoms with E-state index in [9.17, 15) is 4.79 Å². The van der Waals surface area contributed by atoms with Crippen molar-refractivity contribution in [1.82, 2.24) is 19.7 Å². The lowest BCUT2D eigenvalue weighted by atomic mass is 9.94. The normalized spacial score (nSPS) is 16.8. The highest BCUT2D eigenvalue weighted by atomic mass is 16.5. The molecule has 1 aromatic rings. The Hall–Kier alpha value is -1.43. The fraction of sp³-hybridized carbons (Fsp3) is 0.769. The highest BCUT2D eigenvalue weighted by molar-refractivity contribution is 5.84. The highest BCUT2D eigenvalue weighted by Crippen LogP contribution is 2.22. The van der Waals surface area contributed by atoms with Crippen molar-refractivity contribution in [2.24, 2.45) is 0 Å². The van der Waals surface area contributed by atoms with Crippen molar-refractivity contribution in [2.45, 2.75) is 51.7 Å². The smallest absolute Gasteiger partial charge is 0.377 e. The van der Waals surface area contributed by atoms with E-state index < -0.39 is 5.97 Å². The lowest BCUT2D eigenvalue weighted by molar-refractivity contribution is 0.0584. The largest absolute Gasteiger partial charge is 0.463 e. The van der Waals surface area contributed by atoms with Crippen molar-refractivity contribution < 1.29 is 9.53 Å². The van der Waals surface area contributed by atoms with Crippen LogP contribution < -0.4 is 0 Å². The monoisotopic (exact) mass is 266 g/mol. The summed E-state index contributed by atoms with van der Waals surface area (Å²) in [6.07, 6.45) is 8.08. The number of nitrogens with zero attached hydrogens (tertiary/aromatic N) is 4. The van der Waals surface area contributed by atoms with Gasteiger partial charge in [0.25, 0.3) is 5.82 Å². The summed E-state index contributed by atoms with van der Waals surface area (Å²) in [6, 6.07) is 0.629. The molecule has 6 nitrogen and oxygen atoms in total. The van der Waals surface area contributed by atoms with E-state index in [2.05, 4.69) is 26.6 Å². The van der Waals surface area contributed by atoms with Crippen LogP contribution in [0.3, 0.4) is 0 Å². The Labute approximate surface area is 113 Å². The van der Waals surface area contributed by atoms with Crippen molar-refractivity contribution in [3.63, 3.8) is 0 Å². The summed E-state index contributed by atoms with van der Waals surface area (Å²) in [6.45, 7) is 3.83. The van der Waals surface area contributed by atoms with Gasteiger partial charge in [-0.1, -0.05) is 26.2 Å². The van der Waals surface area contributed by atoms with E-state index in [1.165, 1.54) is 39.2 Å². The zero-order valence-electron chi connectivity index (χ0n) is 11.7. The Balaban J connectivity index is 1.97. The Morgan fingerprint density at radius 3 is 2.84 bits per heavy atom. The van der Waals surface area contributed by atoms with Gasteiger partial charge in [-0.25, -0.2) is 14.5 Å². The molecule has 1 heterocycles. The summed E-state index contributed by atoms with van der Waals surface area (Å²) in [7, 11) is 1.34. The molecule has 1 fully saturated rings. The number of ether oxygens (including phenoxy) is 1. The Kier molecular flexibility index (Phi) is 4.90. The zero-order valence-corrected chi connectivity index (χ0v) is 11.7. The average molecular weight is 266 g/mol. The third-order valence-electron chi connectivity index (χ3n) is 3.73. The Morgan fingerprint density at radius 1 is 1.47 bits per heavy atom. The van der Waals surface area contributed by atoms with Crippen molar-refractivity contribution in [3.05, 3.63) is 12.2 Å². The van der Waals surface area contributed by atoms with Crippen LogP contribution in [0.4, 0.5) is 0 Å². The van der Waals surface area contributed by atoms with Gasteiger partial charge in [-0.15, -0.1) is 5.10 Å². The van der Waals surface area contributed by atoms with Crippen LogP contribution in [-0.4, -0.2) is 45.3 Å². The molecule has 0 spiro atoms. The molecule has 1 saturated carbocycles. The van der Waals surface area contributed by atoms with E-state index in [-0.39, 0.29) is 5.82 Å². The summed E-state index contributed by atoms with van der Waals surface area (Å²) in [5, 5.41) is 4.15. The quantitative estimate of drug-likeness (QED) is 0.759. The topological polar surface area (TPSA) is 60.2 Å². The van der Waals surface area contributed by atoms with Crippen LogP contribution in [0.25, 0.3) is 0 Å². The number of aromatic nitrogens is 3. The lowest BCUT2D eigenvalue weighted by Crippen LogP contribution is -2.38. The minimum atomic E-state index is -0.487. The van der Waals surface area contributed by atoms with Crippen LogP contribution in [0, 0.1) is 0 Å². The summed E-state index contributed by atoms with van der Waals surface area (Å²) < 4.78 is 6.32. The molecule has 2 rings (SSSR count). The number of hydrogen-bond donors (Lipinski definition) is 0. The molecule has 19 heavy (non-hydrogen) atoms. The molecule has 0 aliphatic heterocycles. The van der Waals surface area contributed by atoms with Gasteiger partial charge in [-0.05, 0) is 19.4 Å². The van der Waals surface area contributed by atoms with E-state index in [1.54, 1.807) is 11.0 Å². The van der Waals surface area contributed by atoms with Crippen molar-refractivity contribution >= 4 is 5.97 Å². The third kappa shape index (κ3) is 3.53. The first-order chi connectivity index (χ1) is 9.24. The first-order valence-corrected chi connectivity index (χ1v) is 6.96. The van der Waals surface area contributed by atoms with Gasteiger partial charge in [0.1, 0.15) is 6.33 Å². The van der Waals surface area contributed by atoms with Crippen LogP contribution >= 0.6 is 0 Å². The van der Waals surface area contributed by atoms with Gasteiger partial charge in [-0.3, -0.25) is 4.90 Å². The summed E-state index contributed by atoms with van der Waals surface area (Å²) in [5.41, 5.74) is 0. The Bertz CT molecular complexity index is 413. The van der Waals surface area contributed by atoms with Crippen molar-refractivity contribution in [1.29, 1.82) is 0 Å². The van der Waals surface area contributed by atoms with Crippen molar-refractivity contribution in [2.75, 3.05) is 13.7 Å². The van der Waals surface area contributed by atoms with E-state index in [0.717, 1.165) is 6.54 Å². The number of methoxy groups -OCH3 is 1. The minimum Gasteiger partial charge on any atom is -0.463 e. The second kappa shape index (κ2) is 6.65. The van der Waals surface area contributed by atoms with Crippen molar-refractivity contribution in [3.8, 4) is 0 Å². The maximum Gasteiger partial charge on any atom is 0.377 e. The molecule has 106 valence electrons. The van der Waals surface area contributed by atoms with Gasteiger partial charge in [-0.2, -0.15) is 0 Å². The molecule has 0 saturated heterocycles. The van der Waals surface area contributed by atoms with Gasteiger partial charge in [0.15, 0.2) is 0 Å². The average Bonchev–Trinajstić information content (AvgIpc) is 2.93. The molecule has 0 aromatic carbocycles. The molecule has 0 amide bonds. The zero-order chi connectivity index (χ0) is 13.7. The summed E-state index contributed by atoms with van der Waals surface area (Å²) in [4.78, 5) is 17.7. The van der Waals surface area contributed by atoms with Gasteiger partial charge in [0.2, 0.25) is 0 Å². The summed E-state index contributed by atoms with van der Waals surface area (Å²) in [5.74, 6) is -0.360. The number of carbonyl (C=O) groups excluding carboxylic acids is 1. The van der Waals surface area contributed by atoms with Crippen LogP contribution in [0.2, 0.25) is 0 Å². The molecule has 1 aliphatic rings. The highest BCUT2D eigenvalue weighted by Gasteiger charge is 2.21. The Morgan fingerprint density at radius 2 is 2.21 bits per heavy atom. The molecule has 0 bridgehead atoms. The number of hydrogen-bond acceptors (Lipinski definition) is 5. The van der Waals surface area contributed by atoms with Gasteiger partial charge in [0.05, 0.1) is 13.8 Å². The fourth-order valence-electron chi connectivity index (χ4n) is 2.65.